The number of hydrogen-bond acceptors (Lipinski definition) is 4. The molecule has 0 unspecified atom stereocenters. The van der Waals surface area contributed by atoms with E-state index in [4.69, 9.17) is 4.74 Å². The molecule has 0 saturated heterocycles. The zero-order valence-electron chi connectivity index (χ0n) is 12.9. The van der Waals surface area contributed by atoms with Gasteiger partial charge in [0, 0.05) is 31.6 Å². The first-order valence-electron chi connectivity index (χ1n) is 7.56. The number of ether oxygens (including phenoxy) is 1. The fraction of sp³-hybridized carbons (Fsp3) is 0.562. The monoisotopic (exact) mass is 325 g/mol. The lowest BCUT2D eigenvalue weighted by Gasteiger charge is -2.07. The topological polar surface area (TPSA) is 72.5 Å². The Morgan fingerprint density at radius 2 is 1.95 bits per heavy atom. The second-order valence-electron chi connectivity index (χ2n) is 5.89. The quantitative estimate of drug-likeness (QED) is 0.703. The summed E-state index contributed by atoms with van der Waals surface area (Å²) in [6, 6.07) is 6.66. The molecule has 0 spiro atoms. The Morgan fingerprint density at radius 1 is 1.27 bits per heavy atom. The van der Waals surface area contributed by atoms with Crippen LogP contribution in [0, 0.1) is 5.92 Å². The summed E-state index contributed by atoms with van der Waals surface area (Å²) in [7, 11) is -3.05. The van der Waals surface area contributed by atoms with Crippen molar-refractivity contribution in [1.29, 1.82) is 0 Å². The zero-order chi connectivity index (χ0) is 16.0. The maximum Gasteiger partial charge on any atom is 0.251 e. The molecular weight excluding hydrogens is 302 g/mol. The number of hydrogen-bond donors (Lipinski definition) is 1. The Kier molecular flexibility index (Phi) is 5.97. The summed E-state index contributed by atoms with van der Waals surface area (Å²) in [5.74, 6) is 0.612. The summed E-state index contributed by atoms with van der Waals surface area (Å²) < 4.78 is 27.9. The molecule has 0 radical (unpaired) electrons. The van der Waals surface area contributed by atoms with Crippen LogP contribution in [0.3, 0.4) is 0 Å². The van der Waals surface area contributed by atoms with Crippen LogP contribution in [-0.4, -0.2) is 40.3 Å². The van der Waals surface area contributed by atoms with E-state index in [-0.39, 0.29) is 11.7 Å². The highest BCUT2D eigenvalue weighted by Crippen LogP contribution is 2.28. The number of amides is 1. The Morgan fingerprint density at radius 3 is 2.55 bits per heavy atom. The van der Waals surface area contributed by atoms with E-state index < -0.39 is 9.84 Å². The summed E-state index contributed by atoms with van der Waals surface area (Å²) in [4.78, 5) is 11.9. The fourth-order valence-corrected chi connectivity index (χ4v) is 2.87. The molecule has 0 bridgehead atoms. The molecule has 6 heteroatoms. The molecule has 122 valence electrons. The number of benzene rings is 1. The largest absolute Gasteiger partial charge is 0.381 e. The highest BCUT2D eigenvalue weighted by Gasteiger charge is 2.20. The van der Waals surface area contributed by atoms with Crippen LogP contribution in [-0.2, 0) is 20.3 Å². The van der Waals surface area contributed by atoms with Gasteiger partial charge in [-0.05, 0) is 42.9 Å². The maximum absolute atomic E-state index is 11.9. The molecule has 1 aromatic carbocycles. The lowest BCUT2D eigenvalue weighted by molar-refractivity contribution is 0.0937. The lowest BCUT2D eigenvalue weighted by Crippen LogP contribution is -2.25. The predicted molar refractivity (Wildman–Crippen MR) is 85.5 cm³/mol. The van der Waals surface area contributed by atoms with Crippen molar-refractivity contribution in [2.24, 2.45) is 5.92 Å². The highest BCUT2D eigenvalue weighted by atomic mass is 32.2. The van der Waals surface area contributed by atoms with E-state index in [0.29, 0.717) is 24.3 Å². The molecule has 1 aliphatic rings. The van der Waals surface area contributed by atoms with Gasteiger partial charge in [-0.15, -0.1) is 0 Å². The molecule has 0 atom stereocenters. The van der Waals surface area contributed by atoms with Crippen molar-refractivity contribution in [3.63, 3.8) is 0 Å². The van der Waals surface area contributed by atoms with Gasteiger partial charge in [-0.1, -0.05) is 12.1 Å². The van der Waals surface area contributed by atoms with Crippen molar-refractivity contribution < 1.29 is 17.9 Å². The molecule has 1 fully saturated rings. The summed E-state index contributed by atoms with van der Waals surface area (Å²) in [6.07, 6.45) is 4.56. The number of sulfone groups is 1. The summed E-state index contributed by atoms with van der Waals surface area (Å²) in [5, 5.41) is 2.83. The van der Waals surface area contributed by atoms with Crippen molar-refractivity contribution in [3.8, 4) is 0 Å². The normalized spacial score (nSPS) is 14.8. The van der Waals surface area contributed by atoms with Gasteiger partial charge in [0.05, 0.1) is 5.75 Å². The Bertz CT molecular complexity index is 591. The Labute approximate surface area is 132 Å². The summed E-state index contributed by atoms with van der Waals surface area (Å²) in [6.45, 7) is 2.09. The first-order chi connectivity index (χ1) is 10.4. The van der Waals surface area contributed by atoms with Crippen molar-refractivity contribution in [2.75, 3.05) is 26.0 Å². The van der Waals surface area contributed by atoms with E-state index in [1.54, 1.807) is 24.3 Å². The van der Waals surface area contributed by atoms with Crippen LogP contribution in [0.1, 0.15) is 35.2 Å². The molecule has 1 N–H and O–H groups in total. The van der Waals surface area contributed by atoms with Crippen LogP contribution in [0.4, 0.5) is 0 Å². The second kappa shape index (κ2) is 7.74. The predicted octanol–water partition coefficient (Wildman–Crippen LogP) is 1.78. The molecule has 1 aromatic rings. The SMILES string of the molecule is CS(=O)(=O)Cc1ccc(C(=O)NCCCOCC2CC2)cc1. The van der Waals surface area contributed by atoms with Crippen LogP contribution < -0.4 is 5.32 Å². The minimum Gasteiger partial charge on any atom is -0.381 e. The second-order valence-corrected chi connectivity index (χ2v) is 8.03. The van der Waals surface area contributed by atoms with Crippen LogP contribution >= 0.6 is 0 Å². The van der Waals surface area contributed by atoms with E-state index in [1.807, 2.05) is 0 Å². The standard InChI is InChI=1S/C16H23NO4S/c1-22(19,20)12-14-5-7-15(8-6-14)16(18)17-9-2-10-21-11-13-3-4-13/h5-8,13H,2-4,9-12H2,1H3,(H,17,18). The van der Waals surface area contributed by atoms with Crippen LogP contribution in [0.2, 0.25) is 0 Å². The average Bonchev–Trinajstić information content (AvgIpc) is 3.25. The molecule has 0 aliphatic heterocycles. The highest BCUT2D eigenvalue weighted by molar-refractivity contribution is 7.89. The van der Waals surface area contributed by atoms with E-state index in [9.17, 15) is 13.2 Å². The van der Waals surface area contributed by atoms with Crippen molar-refractivity contribution >= 4 is 15.7 Å². The molecule has 0 aromatic heterocycles. The molecule has 5 nitrogen and oxygen atoms in total. The third-order valence-electron chi connectivity index (χ3n) is 3.45. The molecule has 1 amide bonds. The van der Waals surface area contributed by atoms with Gasteiger partial charge in [0.15, 0.2) is 9.84 Å². The van der Waals surface area contributed by atoms with Gasteiger partial charge < -0.3 is 10.1 Å². The van der Waals surface area contributed by atoms with Crippen LogP contribution in [0.25, 0.3) is 0 Å². The molecule has 0 heterocycles. The van der Waals surface area contributed by atoms with Gasteiger partial charge in [0.1, 0.15) is 0 Å². The zero-order valence-corrected chi connectivity index (χ0v) is 13.7. The van der Waals surface area contributed by atoms with Gasteiger partial charge in [0.2, 0.25) is 0 Å². The average molecular weight is 325 g/mol. The van der Waals surface area contributed by atoms with E-state index in [2.05, 4.69) is 5.32 Å². The van der Waals surface area contributed by atoms with Gasteiger partial charge in [-0.25, -0.2) is 8.42 Å². The summed E-state index contributed by atoms with van der Waals surface area (Å²) in [5.41, 5.74) is 1.23. The van der Waals surface area contributed by atoms with Gasteiger partial charge >= 0.3 is 0 Å². The molecule has 1 saturated carbocycles. The first kappa shape index (κ1) is 17.0. The van der Waals surface area contributed by atoms with Crippen LogP contribution in [0.5, 0.6) is 0 Å². The summed E-state index contributed by atoms with van der Waals surface area (Å²) >= 11 is 0. The number of nitrogens with one attached hydrogen (secondary N) is 1. The molecular formula is C16H23NO4S. The number of carbonyl (C=O) groups excluding carboxylic acids is 1. The first-order valence-corrected chi connectivity index (χ1v) is 9.63. The van der Waals surface area contributed by atoms with E-state index in [1.165, 1.54) is 19.1 Å². The van der Waals surface area contributed by atoms with Gasteiger partial charge in [-0.2, -0.15) is 0 Å². The molecule has 2 rings (SSSR count). The third kappa shape index (κ3) is 6.58. The fourth-order valence-electron chi connectivity index (χ4n) is 2.07. The lowest BCUT2D eigenvalue weighted by atomic mass is 10.1. The van der Waals surface area contributed by atoms with Gasteiger partial charge in [-0.3, -0.25) is 4.79 Å². The van der Waals surface area contributed by atoms with Crippen molar-refractivity contribution in [1.82, 2.24) is 5.32 Å². The molecule has 22 heavy (non-hydrogen) atoms. The smallest absolute Gasteiger partial charge is 0.251 e. The Hall–Kier alpha value is -1.40. The number of rotatable bonds is 9. The van der Waals surface area contributed by atoms with Crippen molar-refractivity contribution in [3.05, 3.63) is 35.4 Å². The van der Waals surface area contributed by atoms with Gasteiger partial charge in [0.25, 0.3) is 5.91 Å². The molecule has 1 aliphatic carbocycles. The van der Waals surface area contributed by atoms with Crippen LogP contribution in [0.15, 0.2) is 24.3 Å². The number of carbonyl (C=O) groups is 1. The Balaban J connectivity index is 1.67. The van der Waals surface area contributed by atoms with E-state index >= 15 is 0 Å². The third-order valence-corrected chi connectivity index (χ3v) is 4.30. The minimum atomic E-state index is -3.05. The van der Waals surface area contributed by atoms with E-state index in [0.717, 1.165) is 18.9 Å². The minimum absolute atomic E-state index is 0.00671. The van der Waals surface area contributed by atoms with Crippen molar-refractivity contribution in [2.45, 2.75) is 25.0 Å². The maximum atomic E-state index is 11.9.